The van der Waals surface area contributed by atoms with Gasteiger partial charge < -0.3 is 21.1 Å². The van der Waals surface area contributed by atoms with Crippen molar-refractivity contribution in [3.05, 3.63) is 23.8 Å². The van der Waals surface area contributed by atoms with Crippen LogP contribution in [0.15, 0.2) is 18.2 Å². The van der Waals surface area contributed by atoms with Gasteiger partial charge in [0.15, 0.2) is 6.10 Å². The van der Waals surface area contributed by atoms with Gasteiger partial charge in [-0.15, -0.1) is 0 Å². The summed E-state index contributed by atoms with van der Waals surface area (Å²) >= 11 is 0. The van der Waals surface area contributed by atoms with Gasteiger partial charge in [0.25, 0.3) is 5.91 Å². The quantitative estimate of drug-likeness (QED) is 0.852. The zero-order chi connectivity index (χ0) is 14.2. The molecule has 5 nitrogen and oxygen atoms in total. The fourth-order valence-electron chi connectivity index (χ4n) is 2.15. The monoisotopic (exact) mass is 263 g/mol. The summed E-state index contributed by atoms with van der Waals surface area (Å²) in [4.78, 5) is 14.0. The Morgan fingerprint density at radius 3 is 2.68 bits per heavy atom. The number of fused-ring (bicyclic) bond motifs is 1. The largest absolute Gasteiger partial charge is 0.479 e. The molecule has 1 aliphatic heterocycles. The second-order valence-electron chi connectivity index (χ2n) is 5.68. The van der Waals surface area contributed by atoms with Crippen molar-refractivity contribution in [1.29, 1.82) is 0 Å². The molecule has 2 rings (SSSR count). The number of anilines is 1. The zero-order valence-corrected chi connectivity index (χ0v) is 11.6. The zero-order valence-electron chi connectivity index (χ0n) is 11.6. The molecule has 104 valence electrons. The van der Waals surface area contributed by atoms with E-state index in [1.54, 1.807) is 11.8 Å². The molecule has 0 spiro atoms. The number of carbonyl (C=O) groups is 1. The second-order valence-corrected chi connectivity index (χ2v) is 5.68. The molecule has 1 unspecified atom stereocenters. The number of nitrogens with zero attached hydrogens (tertiary/aromatic N) is 1. The van der Waals surface area contributed by atoms with E-state index in [-0.39, 0.29) is 5.91 Å². The van der Waals surface area contributed by atoms with Crippen LogP contribution in [0.2, 0.25) is 0 Å². The molecule has 0 aliphatic carbocycles. The Morgan fingerprint density at radius 1 is 1.42 bits per heavy atom. The Hall–Kier alpha value is -1.59. The molecule has 0 saturated heterocycles. The highest BCUT2D eigenvalue weighted by Crippen LogP contribution is 2.35. The lowest BCUT2D eigenvalue weighted by atomic mass is 10.0. The number of rotatable bonds is 3. The highest BCUT2D eigenvalue weighted by Gasteiger charge is 2.33. The van der Waals surface area contributed by atoms with E-state index in [0.717, 1.165) is 11.3 Å². The minimum atomic E-state index is -0.487. The first-order chi connectivity index (χ1) is 8.81. The molecule has 1 amide bonds. The van der Waals surface area contributed by atoms with Gasteiger partial charge >= 0.3 is 0 Å². The van der Waals surface area contributed by atoms with Gasteiger partial charge in [0, 0.05) is 18.6 Å². The van der Waals surface area contributed by atoms with Crippen LogP contribution >= 0.6 is 0 Å². The van der Waals surface area contributed by atoms with E-state index >= 15 is 0 Å². The number of amides is 1. The Kier molecular flexibility index (Phi) is 3.52. The number of hydrogen-bond donors (Lipinski definition) is 2. The number of hydrogen-bond acceptors (Lipinski definition) is 4. The summed E-state index contributed by atoms with van der Waals surface area (Å²) in [7, 11) is 0. The molecule has 5 heteroatoms. The van der Waals surface area contributed by atoms with Crippen LogP contribution in [0.1, 0.15) is 26.3 Å². The van der Waals surface area contributed by atoms with E-state index in [2.05, 4.69) is 0 Å². The van der Waals surface area contributed by atoms with Crippen molar-refractivity contribution >= 4 is 11.6 Å². The summed E-state index contributed by atoms with van der Waals surface area (Å²) in [5, 5.41) is 0. The molecule has 4 N–H and O–H groups in total. The first kappa shape index (κ1) is 13.8. The minimum absolute atomic E-state index is 0.0693. The summed E-state index contributed by atoms with van der Waals surface area (Å²) in [6, 6.07) is 5.66. The number of carbonyl (C=O) groups excluding carboxylic acids is 1. The molecule has 1 aromatic rings. The number of ether oxygens (including phenoxy) is 1. The second kappa shape index (κ2) is 4.83. The van der Waals surface area contributed by atoms with Crippen LogP contribution in [0.4, 0.5) is 5.69 Å². The van der Waals surface area contributed by atoms with Crippen molar-refractivity contribution in [1.82, 2.24) is 0 Å². The SMILES string of the molecule is CC1Oc2ccc(CN)cc2N(CC(C)(C)N)C1=O. The van der Waals surface area contributed by atoms with Crippen LogP contribution in [0.25, 0.3) is 0 Å². The molecule has 0 aromatic heterocycles. The van der Waals surface area contributed by atoms with E-state index in [1.807, 2.05) is 32.0 Å². The van der Waals surface area contributed by atoms with Crippen LogP contribution in [0, 0.1) is 0 Å². The first-order valence-corrected chi connectivity index (χ1v) is 6.42. The topological polar surface area (TPSA) is 81.6 Å². The number of nitrogens with two attached hydrogens (primary N) is 2. The molecular formula is C14H21N3O2. The first-order valence-electron chi connectivity index (χ1n) is 6.42. The Balaban J connectivity index is 2.44. The Morgan fingerprint density at radius 2 is 2.11 bits per heavy atom. The summed E-state index contributed by atoms with van der Waals surface area (Å²) in [5.74, 6) is 0.633. The molecule has 19 heavy (non-hydrogen) atoms. The fraction of sp³-hybridized carbons (Fsp3) is 0.500. The lowest BCUT2D eigenvalue weighted by Crippen LogP contribution is -2.53. The highest BCUT2D eigenvalue weighted by molar-refractivity contribution is 6.00. The highest BCUT2D eigenvalue weighted by atomic mass is 16.5. The van der Waals surface area contributed by atoms with Crippen LogP contribution in [-0.2, 0) is 11.3 Å². The van der Waals surface area contributed by atoms with E-state index < -0.39 is 11.6 Å². The molecule has 1 heterocycles. The van der Waals surface area contributed by atoms with Gasteiger partial charge in [-0.3, -0.25) is 4.79 Å². The molecule has 0 radical (unpaired) electrons. The maximum Gasteiger partial charge on any atom is 0.267 e. The number of benzene rings is 1. The minimum Gasteiger partial charge on any atom is -0.479 e. The standard InChI is InChI=1S/C14H21N3O2/c1-9-13(18)17(8-14(2,3)16)11-6-10(7-15)4-5-12(11)19-9/h4-6,9H,7-8,15-16H2,1-3H3. The van der Waals surface area contributed by atoms with E-state index in [9.17, 15) is 4.79 Å². The molecule has 1 aliphatic rings. The van der Waals surface area contributed by atoms with Gasteiger partial charge in [0.1, 0.15) is 5.75 Å². The van der Waals surface area contributed by atoms with Crippen molar-refractivity contribution in [2.75, 3.05) is 11.4 Å². The van der Waals surface area contributed by atoms with Crippen LogP contribution in [0.3, 0.4) is 0 Å². The predicted octanol–water partition coefficient (Wildman–Crippen LogP) is 0.996. The summed E-state index contributed by atoms with van der Waals surface area (Å²) in [6.07, 6.45) is -0.487. The van der Waals surface area contributed by atoms with Gasteiger partial charge in [0.05, 0.1) is 5.69 Å². The summed E-state index contributed by atoms with van der Waals surface area (Å²) in [5.41, 5.74) is 12.9. The van der Waals surface area contributed by atoms with Crippen molar-refractivity contribution < 1.29 is 9.53 Å². The summed E-state index contributed by atoms with van der Waals surface area (Å²) in [6.45, 7) is 6.41. The van der Waals surface area contributed by atoms with Crippen molar-refractivity contribution in [2.24, 2.45) is 11.5 Å². The molecule has 1 atom stereocenters. The van der Waals surface area contributed by atoms with Crippen molar-refractivity contribution in [2.45, 2.75) is 39.0 Å². The molecule has 1 aromatic carbocycles. The van der Waals surface area contributed by atoms with Gasteiger partial charge in [-0.05, 0) is 38.5 Å². The van der Waals surface area contributed by atoms with Crippen molar-refractivity contribution in [3.63, 3.8) is 0 Å². The average molecular weight is 263 g/mol. The third kappa shape index (κ3) is 2.88. The third-order valence-electron chi connectivity index (χ3n) is 3.03. The van der Waals surface area contributed by atoms with Gasteiger partial charge in [0.2, 0.25) is 0 Å². The lowest BCUT2D eigenvalue weighted by Gasteiger charge is -2.36. The molecular weight excluding hydrogens is 242 g/mol. The van der Waals surface area contributed by atoms with E-state index in [4.69, 9.17) is 16.2 Å². The van der Waals surface area contributed by atoms with Crippen LogP contribution in [-0.4, -0.2) is 24.1 Å². The predicted molar refractivity (Wildman–Crippen MR) is 75.0 cm³/mol. The van der Waals surface area contributed by atoms with E-state index in [1.165, 1.54) is 0 Å². The third-order valence-corrected chi connectivity index (χ3v) is 3.03. The Bertz CT molecular complexity index is 494. The van der Waals surface area contributed by atoms with Crippen molar-refractivity contribution in [3.8, 4) is 5.75 Å². The maximum atomic E-state index is 12.3. The normalized spacial score (nSPS) is 19.1. The summed E-state index contributed by atoms with van der Waals surface area (Å²) < 4.78 is 5.62. The average Bonchev–Trinajstić information content (AvgIpc) is 2.33. The molecule has 0 fully saturated rings. The van der Waals surface area contributed by atoms with Gasteiger partial charge in [-0.25, -0.2) is 0 Å². The van der Waals surface area contributed by atoms with Gasteiger partial charge in [-0.1, -0.05) is 6.07 Å². The van der Waals surface area contributed by atoms with E-state index in [0.29, 0.717) is 18.8 Å². The van der Waals surface area contributed by atoms with Gasteiger partial charge in [-0.2, -0.15) is 0 Å². The van der Waals surface area contributed by atoms with Crippen LogP contribution in [0.5, 0.6) is 5.75 Å². The maximum absolute atomic E-state index is 12.3. The molecule has 0 saturated carbocycles. The van der Waals surface area contributed by atoms with Crippen LogP contribution < -0.4 is 21.1 Å². The smallest absolute Gasteiger partial charge is 0.267 e. The molecule has 0 bridgehead atoms. The fourth-order valence-corrected chi connectivity index (χ4v) is 2.15. The lowest BCUT2D eigenvalue weighted by molar-refractivity contribution is -0.125. The Labute approximate surface area is 113 Å².